The molecule has 0 radical (unpaired) electrons. The minimum Gasteiger partial charge on any atom is -0.341 e. The van der Waals surface area contributed by atoms with Gasteiger partial charge < -0.3 is 4.90 Å². The Hall–Kier alpha value is -0.350. The average Bonchev–Trinajstić information content (AvgIpc) is 2.60. The minimum atomic E-state index is 0.232. The molecule has 1 amide bonds. The van der Waals surface area contributed by atoms with Gasteiger partial charge in [0.15, 0.2) is 0 Å². The van der Waals surface area contributed by atoms with Gasteiger partial charge in [0.1, 0.15) is 0 Å². The smallest absolute Gasteiger partial charge is 0.222 e. The van der Waals surface area contributed by atoms with Crippen LogP contribution in [0, 0.1) is 5.92 Å². The van der Waals surface area contributed by atoms with Gasteiger partial charge in [0.25, 0.3) is 0 Å². The lowest BCUT2D eigenvalue weighted by Gasteiger charge is -2.17. The first kappa shape index (κ1) is 13.7. The molecule has 90 valence electrons. The number of halogens is 1. The Kier molecular flexibility index (Phi) is 5.49. The van der Waals surface area contributed by atoms with Gasteiger partial charge in [-0.2, -0.15) is 0 Å². The Morgan fingerprint density at radius 2 is 2.25 bits per heavy atom. The molecule has 0 unspecified atom stereocenters. The highest BCUT2D eigenvalue weighted by atomic mass is 79.9. The molecule has 0 bridgehead atoms. The summed E-state index contributed by atoms with van der Waals surface area (Å²) in [6.45, 7) is 4.99. The van der Waals surface area contributed by atoms with Crippen LogP contribution < -0.4 is 0 Å². The summed E-state index contributed by atoms with van der Waals surface area (Å²) >= 11 is 5.08. The van der Waals surface area contributed by atoms with Crippen LogP contribution in [-0.2, 0) is 11.3 Å². The van der Waals surface area contributed by atoms with E-state index in [2.05, 4.69) is 41.2 Å². The molecule has 0 aliphatic carbocycles. The zero-order valence-corrected chi connectivity index (χ0v) is 12.4. The van der Waals surface area contributed by atoms with Crippen LogP contribution in [0.2, 0.25) is 0 Å². The molecule has 2 nitrogen and oxygen atoms in total. The maximum Gasteiger partial charge on any atom is 0.222 e. The number of nitrogens with zero attached hydrogens (tertiary/aromatic N) is 1. The molecule has 0 aromatic carbocycles. The predicted octanol–water partition coefficient (Wildman–Crippen LogP) is 3.91. The van der Waals surface area contributed by atoms with Crippen molar-refractivity contribution in [2.24, 2.45) is 5.92 Å². The Bertz CT molecular complexity index is 349. The van der Waals surface area contributed by atoms with Crippen molar-refractivity contribution in [2.45, 2.75) is 33.2 Å². The SMILES string of the molecule is CC(C)CCC(=O)N(C)Cc1csc(Br)c1. The standard InChI is InChI=1S/C12H18BrNOS/c1-9(2)4-5-12(15)14(3)7-10-6-11(13)16-8-10/h6,8-9H,4-5,7H2,1-3H3. The molecule has 0 aliphatic rings. The van der Waals surface area contributed by atoms with E-state index < -0.39 is 0 Å². The second-order valence-electron chi connectivity index (χ2n) is 4.44. The molecule has 16 heavy (non-hydrogen) atoms. The average molecular weight is 304 g/mol. The van der Waals surface area contributed by atoms with Crippen LogP contribution >= 0.6 is 27.3 Å². The normalized spacial score (nSPS) is 10.8. The predicted molar refractivity (Wildman–Crippen MR) is 72.6 cm³/mol. The first-order chi connectivity index (χ1) is 7.49. The van der Waals surface area contributed by atoms with Crippen molar-refractivity contribution >= 4 is 33.2 Å². The number of hydrogen-bond acceptors (Lipinski definition) is 2. The lowest BCUT2D eigenvalue weighted by atomic mass is 10.1. The van der Waals surface area contributed by atoms with E-state index >= 15 is 0 Å². The third kappa shape index (κ3) is 4.66. The molecular weight excluding hydrogens is 286 g/mol. The van der Waals surface area contributed by atoms with E-state index in [1.165, 1.54) is 5.56 Å². The number of carbonyl (C=O) groups excluding carboxylic acids is 1. The van der Waals surface area contributed by atoms with E-state index in [9.17, 15) is 4.79 Å². The van der Waals surface area contributed by atoms with Gasteiger partial charge in [0.2, 0.25) is 5.91 Å². The van der Waals surface area contributed by atoms with E-state index in [1.54, 1.807) is 16.2 Å². The summed E-state index contributed by atoms with van der Waals surface area (Å²) < 4.78 is 1.12. The van der Waals surface area contributed by atoms with E-state index in [1.807, 2.05) is 7.05 Å². The van der Waals surface area contributed by atoms with Gasteiger partial charge in [-0.15, -0.1) is 11.3 Å². The Labute approximate surface area is 110 Å². The fraction of sp³-hybridized carbons (Fsp3) is 0.583. The van der Waals surface area contributed by atoms with Crippen LogP contribution in [0.15, 0.2) is 15.2 Å². The van der Waals surface area contributed by atoms with Crippen LogP contribution in [0.3, 0.4) is 0 Å². The van der Waals surface area contributed by atoms with Crippen molar-refractivity contribution in [2.75, 3.05) is 7.05 Å². The molecule has 0 saturated carbocycles. The van der Waals surface area contributed by atoms with Crippen molar-refractivity contribution in [1.29, 1.82) is 0 Å². The van der Waals surface area contributed by atoms with Crippen molar-refractivity contribution in [1.82, 2.24) is 4.90 Å². The molecule has 0 fully saturated rings. The second kappa shape index (κ2) is 6.40. The topological polar surface area (TPSA) is 20.3 Å². The summed E-state index contributed by atoms with van der Waals surface area (Å²) in [5.41, 5.74) is 1.19. The van der Waals surface area contributed by atoms with Crippen molar-refractivity contribution in [3.8, 4) is 0 Å². The lowest BCUT2D eigenvalue weighted by Crippen LogP contribution is -2.25. The Morgan fingerprint density at radius 3 is 2.75 bits per heavy atom. The molecule has 0 aliphatic heterocycles. The van der Waals surface area contributed by atoms with Crippen molar-refractivity contribution < 1.29 is 4.79 Å². The summed E-state index contributed by atoms with van der Waals surface area (Å²) in [5, 5.41) is 2.08. The fourth-order valence-electron chi connectivity index (χ4n) is 1.39. The molecule has 0 saturated heterocycles. The highest BCUT2D eigenvalue weighted by molar-refractivity contribution is 9.11. The maximum atomic E-state index is 11.8. The van der Waals surface area contributed by atoms with Gasteiger partial charge >= 0.3 is 0 Å². The van der Waals surface area contributed by atoms with E-state index in [0.29, 0.717) is 18.9 Å². The second-order valence-corrected chi connectivity index (χ2v) is 6.73. The van der Waals surface area contributed by atoms with Crippen LogP contribution in [-0.4, -0.2) is 17.9 Å². The highest BCUT2D eigenvalue weighted by Crippen LogP contribution is 2.21. The molecule has 0 spiro atoms. The van der Waals surface area contributed by atoms with Gasteiger partial charge in [-0.1, -0.05) is 13.8 Å². The lowest BCUT2D eigenvalue weighted by molar-refractivity contribution is -0.130. The van der Waals surface area contributed by atoms with Crippen LogP contribution in [0.5, 0.6) is 0 Å². The summed E-state index contributed by atoms with van der Waals surface area (Å²) in [6, 6.07) is 2.07. The largest absolute Gasteiger partial charge is 0.341 e. The summed E-state index contributed by atoms with van der Waals surface area (Å²) in [6.07, 6.45) is 1.62. The quantitative estimate of drug-likeness (QED) is 0.808. The molecule has 1 heterocycles. The number of thiophene rings is 1. The summed E-state index contributed by atoms with van der Waals surface area (Å²) in [5.74, 6) is 0.823. The number of carbonyl (C=O) groups is 1. The summed E-state index contributed by atoms with van der Waals surface area (Å²) in [4.78, 5) is 13.6. The third-order valence-corrected chi connectivity index (χ3v) is 3.96. The van der Waals surface area contributed by atoms with Gasteiger partial charge in [0.05, 0.1) is 3.79 Å². The molecule has 1 aromatic rings. The zero-order valence-electron chi connectivity index (χ0n) is 10.00. The Balaban J connectivity index is 2.39. The van der Waals surface area contributed by atoms with Gasteiger partial charge in [-0.25, -0.2) is 0 Å². The van der Waals surface area contributed by atoms with Gasteiger partial charge in [0, 0.05) is 20.0 Å². The number of amides is 1. The van der Waals surface area contributed by atoms with E-state index in [0.717, 1.165) is 10.2 Å². The molecule has 1 rings (SSSR count). The monoisotopic (exact) mass is 303 g/mol. The minimum absolute atomic E-state index is 0.232. The number of hydrogen-bond donors (Lipinski definition) is 0. The highest BCUT2D eigenvalue weighted by Gasteiger charge is 2.10. The van der Waals surface area contributed by atoms with E-state index in [-0.39, 0.29) is 5.91 Å². The van der Waals surface area contributed by atoms with Crippen LogP contribution in [0.4, 0.5) is 0 Å². The van der Waals surface area contributed by atoms with Crippen molar-refractivity contribution in [3.05, 3.63) is 20.8 Å². The molecule has 4 heteroatoms. The fourth-order valence-corrected chi connectivity index (χ4v) is 2.59. The molecule has 0 N–H and O–H groups in total. The summed E-state index contributed by atoms with van der Waals surface area (Å²) in [7, 11) is 1.87. The molecular formula is C12H18BrNOS. The maximum absolute atomic E-state index is 11.8. The number of rotatable bonds is 5. The molecule has 0 atom stereocenters. The van der Waals surface area contributed by atoms with Crippen molar-refractivity contribution in [3.63, 3.8) is 0 Å². The van der Waals surface area contributed by atoms with Gasteiger partial charge in [-0.3, -0.25) is 4.79 Å². The molecule has 1 aromatic heterocycles. The third-order valence-electron chi connectivity index (χ3n) is 2.40. The van der Waals surface area contributed by atoms with E-state index in [4.69, 9.17) is 0 Å². The zero-order chi connectivity index (χ0) is 12.1. The first-order valence-corrected chi connectivity index (χ1v) is 7.13. The Morgan fingerprint density at radius 1 is 1.56 bits per heavy atom. The van der Waals surface area contributed by atoms with Crippen LogP contribution in [0.25, 0.3) is 0 Å². The first-order valence-electron chi connectivity index (χ1n) is 5.46. The van der Waals surface area contributed by atoms with Crippen LogP contribution in [0.1, 0.15) is 32.3 Å². The van der Waals surface area contributed by atoms with Gasteiger partial charge in [-0.05, 0) is 45.3 Å².